The van der Waals surface area contributed by atoms with Crippen LogP contribution in [-0.4, -0.2) is 44.9 Å². The number of hydrogen-bond donors (Lipinski definition) is 1. The lowest BCUT2D eigenvalue weighted by Gasteiger charge is -2.28. The SMILES string of the molecule is C=C(C)COCCC[Si](O)(O[SiH](C)C)O[SiH](C)C. The van der Waals surface area contributed by atoms with E-state index in [9.17, 15) is 4.80 Å². The molecule has 18 heavy (non-hydrogen) atoms. The van der Waals surface area contributed by atoms with Gasteiger partial charge in [0.15, 0.2) is 18.1 Å². The van der Waals surface area contributed by atoms with Gasteiger partial charge in [-0.05, 0) is 39.5 Å². The van der Waals surface area contributed by atoms with Gasteiger partial charge in [0.25, 0.3) is 0 Å². The highest BCUT2D eigenvalue weighted by molar-refractivity contribution is 6.74. The fourth-order valence-electron chi connectivity index (χ4n) is 1.53. The van der Waals surface area contributed by atoms with Gasteiger partial charge in [-0.1, -0.05) is 12.2 Å². The predicted molar refractivity (Wildman–Crippen MR) is 83.0 cm³/mol. The maximum absolute atomic E-state index is 10.5. The lowest BCUT2D eigenvalue weighted by molar-refractivity contribution is 0.151. The molecule has 108 valence electrons. The first-order chi connectivity index (χ1) is 8.25. The molecule has 7 heteroatoms. The maximum atomic E-state index is 10.5. The zero-order valence-electron chi connectivity index (χ0n) is 12.4. The predicted octanol–water partition coefficient (Wildman–Crippen LogP) is 1.90. The summed E-state index contributed by atoms with van der Waals surface area (Å²) >= 11 is 0. The Labute approximate surface area is 116 Å². The van der Waals surface area contributed by atoms with Gasteiger partial charge in [0.1, 0.15) is 0 Å². The summed E-state index contributed by atoms with van der Waals surface area (Å²) in [4.78, 5) is 10.5. The molecular formula is C11H28O4Si3. The van der Waals surface area contributed by atoms with E-state index in [0.29, 0.717) is 19.3 Å². The molecule has 0 rings (SSSR count). The van der Waals surface area contributed by atoms with E-state index < -0.39 is 26.9 Å². The van der Waals surface area contributed by atoms with Gasteiger partial charge >= 0.3 is 8.80 Å². The Bertz CT molecular complexity index is 236. The van der Waals surface area contributed by atoms with Crippen molar-refractivity contribution in [3.63, 3.8) is 0 Å². The van der Waals surface area contributed by atoms with Crippen molar-refractivity contribution in [1.82, 2.24) is 0 Å². The summed E-state index contributed by atoms with van der Waals surface area (Å²) < 4.78 is 16.9. The summed E-state index contributed by atoms with van der Waals surface area (Å²) in [6, 6.07) is 0.597. The topological polar surface area (TPSA) is 47.9 Å². The van der Waals surface area contributed by atoms with Crippen molar-refractivity contribution < 1.29 is 17.8 Å². The zero-order chi connectivity index (χ0) is 14.2. The Morgan fingerprint density at radius 2 is 1.67 bits per heavy atom. The second-order valence-corrected chi connectivity index (χ2v) is 13.2. The second-order valence-electron chi connectivity index (χ2n) is 5.16. The number of ether oxygens (including phenoxy) is 1. The van der Waals surface area contributed by atoms with Crippen LogP contribution in [0.15, 0.2) is 12.2 Å². The van der Waals surface area contributed by atoms with Gasteiger partial charge in [0.2, 0.25) is 0 Å². The monoisotopic (exact) mass is 308 g/mol. The molecule has 0 aromatic heterocycles. The van der Waals surface area contributed by atoms with Crippen molar-refractivity contribution in [3.05, 3.63) is 12.2 Å². The van der Waals surface area contributed by atoms with Crippen molar-refractivity contribution in [2.45, 2.75) is 45.6 Å². The van der Waals surface area contributed by atoms with E-state index in [-0.39, 0.29) is 0 Å². The zero-order valence-corrected chi connectivity index (χ0v) is 15.7. The molecule has 0 atom stereocenters. The van der Waals surface area contributed by atoms with E-state index >= 15 is 0 Å². The van der Waals surface area contributed by atoms with Crippen LogP contribution in [0.2, 0.25) is 32.2 Å². The normalized spacial score (nSPS) is 12.4. The van der Waals surface area contributed by atoms with E-state index in [1.54, 1.807) is 0 Å². The van der Waals surface area contributed by atoms with Crippen LogP contribution in [0.4, 0.5) is 0 Å². The third-order valence-electron chi connectivity index (χ3n) is 1.97. The Morgan fingerprint density at radius 3 is 2.06 bits per heavy atom. The average molecular weight is 309 g/mol. The fraction of sp³-hybridized carbons (Fsp3) is 0.818. The van der Waals surface area contributed by atoms with Crippen molar-refractivity contribution in [2.75, 3.05) is 13.2 Å². The molecule has 0 aliphatic carbocycles. The summed E-state index contributed by atoms with van der Waals surface area (Å²) in [5, 5.41) is 0. The standard InChI is InChI=1S/C11H28O4Si3/c1-11(2)10-13-8-7-9-18(12,14-16(3)4)15-17(5)6/h12,16-17H,1,7-10H2,2-6H3. The summed E-state index contributed by atoms with van der Waals surface area (Å²) in [6.07, 6.45) is 0.776. The molecule has 0 saturated carbocycles. The van der Waals surface area contributed by atoms with Crippen molar-refractivity contribution >= 4 is 26.9 Å². The Morgan fingerprint density at radius 1 is 1.17 bits per heavy atom. The molecule has 1 N–H and O–H groups in total. The summed E-state index contributed by atoms with van der Waals surface area (Å²) in [5.74, 6) is 0. The highest BCUT2D eigenvalue weighted by atomic mass is 28.5. The molecule has 0 spiro atoms. The van der Waals surface area contributed by atoms with Crippen molar-refractivity contribution in [2.24, 2.45) is 0 Å². The van der Waals surface area contributed by atoms with Gasteiger partial charge < -0.3 is 17.8 Å². The molecule has 0 heterocycles. The van der Waals surface area contributed by atoms with E-state index in [1.807, 2.05) is 6.92 Å². The van der Waals surface area contributed by atoms with Crippen LogP contribution in [0.1, 0.15) is 13.3 Å². The summed E-state index contributed by atoms with van der Waals surface area (Å²) in [7, 11) is -5.48. The van der Waals surface area contributed by atoms with E-state index in [2.05, 4.69) is 32.8 Å². The third-order valence-corrected chi connectivity index (χ3v) is 9.67. The highest BCUT2D eigenvalue weighted by Gasteiger charge is 2.37. The lowest BCUT2D eigenvalue weighted by atomic mass is 10.4. The molecule has 0 aromatic rings. The van der Waals surface area contributed by atoms with Crippen molar-refractivity contribution in [1.29, 1.82) is 0 Å². The molecule has 0 radical (unpaired) electrons. The second kappa shape index (κ2) is 9.18. The number of rotatable bonds is 10. The average Bonchev–Trinajstić information content (AvgIpc) is 2.13. The highest BCUT2D eigenvalue weighted by Crippen LogP contribution is 2.15. The van der Waals surface area contributed by atoms with Crippen LogP contribution >= 0.6 is 0 Å². The molecule has 0 aliphatic heterocycles. The first-order valence-electron chi connectivity index (χ1n) is 6.55. The Balaban J connectivity index is 4.04. The van der Waals surface area contributed by atoms with Crippen LogP contribution in [0.25, 0.3) is 0 Å². The van der Waals surface area contributed by atoms with Gasteiger partial charge in [-0.2, -0.15) is 0 Å². The van der Waals surface area contributed by atoms with Crippen LogP contribution in [0.5, 0.6) is 0 Å². The van der Waals surface area contributed by atoms with Crippen LogP contribution in [-0.2, 0) is 13.0 Å². The minimum absolute atomic E-state index is 0.583. The van der Waals surface area contributed by atoms with E-state index in [4.69, 9.17) is 13.0 Å². The Hall–Kier alpha value is 0.231. The summed E-state index contributed by atoms with van der Waals surface area (Å²) in [5.41, 5.74) is 1.01. The molecule has 4 nitrogen and oxygen atoms in total. The largest absolute Gasteiger partial charge is 0.476 e. The molecule has 0 aromatic carbocycles. The molecule has 0 fully saturated rings. The van der Waals surface area contributed by atoms with E-state index in [1.165, 1.54) is 0 Å². The third kappa shape index (κ3) is 10.2. The molecule has 0 saturated heterocycles. The van der Waals surface area contributed by atoms with Crippen molar-refractivity contribution in [3.8, 4) is 0 Å². The van der Waals surface area contributed by atoms with E-state index in [0.717, 1.165) is 12.0 Å². The molecule has 0 aliphatic rings. The molecule has 0 unspecified atom stereocenters. The van der Waals surface area contributed by atoms with Gasteiger partial charge in [-0.15, -0.1) is 0 Å². The lowest BCUT2D eigenvalue weighted by Crippen LogP contribution is -2.48. The first kappa shape index (κ1) is 18.2. The number of hydrogen-bond acceptors (Lipinski definition) is 4. The van der Waals surface area contributed by atoms with Gasteiger partial charge in [0.05, 0.1) is 6.61 Å². The van der Waals surface area contributed by atoms with Crippen LogP contribution in [0.3, 0.4) is 0 Å². The quantitative estimate of drug-likeness (QED) is 0.380. The maximum Gasteiger partial charge on any atom is 0.476 e. The minimum Gasteiger partial charge on any atom is -0.419 e. The smallest absolute Gasteiger partial charge is 0.419 e. The minimum atomic E-state index is -2.93. The molecule has 0 amide bonds. The fourth-order valence-corrected chi connectivity index (χ4v) is 9.68. The molecule has 0 bridgehead atoms. The van der Waals surface area contributed by atoms with Gasteiger partial charge in [-0.25, -0.2) is 0 Å². The van der Waals surface area contributed by atoms with Gasteiger partial charge in [0, 0.05) is 12.7 Å². The summed E-state index contributed by atoms with van der Waals surface area (Å²) in [6.45, 7) is 15.1. The van der Waals surface area contributed by atoms with Crippen LogP contribution < -0.4 is 0 Å². The first-order valence-corrected chi connectivity index (χ1v) is 14.1. The van der Waals surface area contributed by atoms with Gasteiger partial charge in [-0.3, -0.25) is 0 Å². The molecular weight excluding hydrogens is 280 g/mol. The van der Waals surface area contributed by atoms with Crippen LogP contribution in [0, 0.1) is 0 Å². The Kier molecular flexibility index (Phi) is 9.30.